The number of rotatable bonds is 5. The Hall–Kier alpha value is -1.17. The average Bonchev–Trinajstić information content (AvgIpc) is 2.16. The first-order valence-electron chi connectivity index (χ1n) is 4.93. The Morgan fingerprint density at radius 1 is 1.53 bits per heavy atom. The van der Waals surface area contributed by atoms with Crippen molar-refractivity contribution in [3.8, 4) is 0 Å². The molecule has 1 unspecified atom stereocenters. The molecular weight excluding hydrogens is 190 g/mol. The molecule has 5 nitrogen and oxygen atoms in total. The lowest BCUT2D eigenvalue weighted by Crippen LogP contribution is -2.43. The van der Waals surface area contributed by atoms with Crippen LogP contribution in [0.2, 0.25) is 0 Å². The quantitative estimate of drug-likeness (QED) is 0.454. The molecule has 0 bridgehead atoms. The van der Waals surface area contributed by atoms with E-state index in [9.17, 15) is 0 Å². The van der Waals surface area contributed by atoms with E-state index in [-0.39, 0.29) is 6.04 Å². The molecular formula is C10H19N5. The summed E-state index contributed by atoms with van der Waals surface area (Å²) >= 11 is 0. The Labute approximate surface area is 90.4 Å². The van der Waals surface area contributed by atoms with Crippen LogP contribution >= 0.6 is 0 Å². The van der Waals surface area contributed by atoms with Gasteiger partial charge in [0.2, 0.25) is 0 Å². The van der Waals surface area contributed by atoms with Crippen LogP contribution in [0.3, 0.4) is 0 Å². The van der Waals surface area contributed by atoms with Crippen LogP contribution in [0.5, 0.6) is 0 Å². The Morgan fingerprint density at radius 2 is 2.27 bits per heavy atom. The van der Waals surface area contributed by atoms with Crippen molar-refractivity contribution in [1.82, 2.24) is 15.3 Å². The zero-order valence-corrected chi connectivity index (χ0v) is 9.27. The fraction of sp³-hybridized carbons (Fsp3) is 0.500. The van der Waals surface area contributed by atoms with Gasteiger partial charge in [0, 0.05) is 18.8 Å². The molecule has 0 aliphatic carbocycles. The van der Waals surface area contributed by atoms with Gasteiger partial charge in [-0.15, -0.1) is 0 Å². The first-order chi connectivity index (χ1) is 7.11. The lowest BCUT2D eigenvalue weighted by molar-refractivity contribution is 0.338. The van der Waals surface area contributed by atoms with E-state index < -0.39 is 0 Å². The van der Waals surface area contributed by atoms with E-state index in [1.54, 1.807) is 6.20 Å². The minimum Gasteiger partial charge on any atom is -0.384 e. The van der Waals surface area contributed by atoms with Crippen LogP contribution in [-0.2, 0) is 6.42 Å². The summed E-state index contributed by atoms with van der Waals surface area (Å²) in [6.07, 6.45) is 2.56. The van der Waals surface area contributed by atoms with Crippen molar-refractivity contribution in [2.75, 3.05) is 26.4 Å². The van der Waals surface area contributed by atoms with Crippen LogP contribution in [0.4, 0.5) is 5.82 Å². The zero-order valence-electron chi connectivity index (χ0n) is 9.27. The summed E-state index contributed by atoms with van der Waals surface area (Å²) < 4.78 is 0. The molecule has 0 saturated carbocycles. The highest BCUT2D eigenvalue weighted by Gasteiger charge is 2.08. The van der Waals surface area contributed by atoms with Gasteiger partial charge in [0.05, 0.1) is 0 Å². The summed E-state index contributed by atoms with van der Waals surface area (Å²) in [6, 6.07) is 4.05. The standard InChI is InChI=1S/C10H19N5/c1-15(2)7-9(14-12)5-8-3-4-13-10(11)6-8/h3-4,6,9,14H,5,7,12H2,1-2H3,(H2,11,13). The summed E-state index contributed by atoms with van der Waals surface area (Å²) in [5.41, 5.74) is 9.55. The van der Waals surface area contributed by atoms with Gasteiger partial charge in [-0.05, 0) is 38.2 Å². The van der Waals surface area contributed by atoms with Crippen molar-refractivity contribution < 1.29 is 0 Å². The van der Waals surface area contributed by atoms with E-state index in [0.29, 0.717) is 5.82 Å². The topological polar surface area (TPSA) is 80.2 Å². The van der Waals surface area contributed by atoms with Crippen molar-refractivity contribution >= 4 is 5.82 Å². The molecule has 1 atom stereocenters. The molecule has 5 N–H and O–H groups in total. The number of nitrogens with one attached hydrogen (secondary N) is 1. The van der Waals surface area contributed by atoms with Gasteiger partial charge in [-0.2, -0.15) is 0 Å². The van der Waals surface area contributed by atoms with Crippen molar-refractivity contribution in [3.63, 3.8) is 0 Å². The van der Waals surface area contributed by atoms with Crippen molar-refractivity contribution in [1.29, 1.82) is 0 Å². The van der Waals surface area contributed by atoms with Gasteiger partial charge >= 0.3 is 0 Å². The number of pyridine rings is 1. The maximum atomic E-state index is 5.60. The fourth-order valence-corrected chi connectivity index (χ4v) is 1.52. The first-order valence-corrected chi connectivity index (χ1v) is 4.93. The van der Waals surface area contributed by atoms with Crippen LogP contribution in [0.15, 0.2) is 18.3 Å². The normalized spacial score (nSPS) is 13.1. The predicted octanol–water partition coefficient (Wildman–Crippen LogP) is -0.400. The maximum absolute atomic E-state index is 5.60. The molecule has 0 spiro atoms. The summed E-state index contributed by atoms with van der Waals surface area (Å²) in [6.45, 7) is 0.888. The fourth-order valence-electron chi connectivity index (χ4n) is 1.52. The number of nitrogen functional groups attached to an aromatic ring is 1. The monoisotopic (exact) mass is 209 g/mol. The molecule has 1 rings (SSSR count). The average molecular weight is 209 g/mol. The van der Waals surface area contributed by atoms with Crippen LogP contribution in [0.1, 0.15) is 5.56 Å². The Bertz CT molecular complexity index is 300. The first kappa shape index (κ1) is 11.9. The van der Waals surface area contributed by atoms with Gasteiger partial charge < -0.3 is 10.6 Å². The van der Waals surface area contributed by atoms with Gasteiger partial charge in [0.15, 0.2) is 0 Å². The molecule has 1 heterocycles. The van der Waals surface area contributed by atoms with Gasteiger partial charge in [0.25, 0.3) is 0 Å². The molecule has 84 valence electrons. The number of hydrogen-bond donors (Lipinski definition) is 3. The van der Waals surface area contributed by atoms with Crippen LogP contribution in [0, 0.1) is 0 Å². The SMILES string of the molecule is CN(C)CC(Cc1ccnc(N)c1)NN. The highest BCUT2D eigenvalue weighted by atomic mass is 15.3. The van der Waals surface area contributed by atoms with Gasteiger partial charge in [-0.1, -0.05) is 0 Å². The lowest BCUT2D eigenvalue weighted by atomic mass is 10.1. The molecule has 0 fully saturated rings. The van der Waals surface area contributed by atoms with Gasteiger partial charge in [0.1, 0.15) is 5.82 Å². The van der Waals surface area contributed by atoms with E-state index in [0.717, 1.165) is 18.5 Å². The third-order valence-electron chi connectivity index (χ3n) is 2.15. The number of anilines is 1. The molecule has 1 aromatic heterocycles. The predicted molar refractivity (Wildman–Crippen MR) is 62.0 cm³/mol. The minimum absolute atomic E-state index is 0.224. The second-order valence-corrected chi connectivity index (χ2v) is 3.92. The van der Waals surface area contributed by atoms with E-state index in [4.69, 9.17) is 11.6 Å². The number of nitrogens with two attached hydrogens (primary N) is 2. The smallest absolute Gasteiger partial charge is 0.123 e. The lowest BCUT2D eigenvalue weighted by Gasteiger charge is -2.20. The summed E-state index contributed by atoms with van der Waals surface area (Å²) in [4.78, 5) is 6.04. The summed E-state index contributed by atoms with van der Waals surface area (Å²) in [5.74, 6) is 6.03. The Kier molecular flexibility index (Phi) is 4.48. The molecule has 5 heteroatoms. The maximum Gasteiger partial charge on any atom is 0.123 e. The van der Waals surface area contributed by atoms with Crippen LogP contribution in [-0.4, -0.2) is 36.6 Å². The number of likely N-dealkylation sites (N-methyl/N-ethyl adjacent to an activating group) is 1. The number of hydrazine groups is 1. The largest absolute Gasteiger partial charge is 0.384 e. The molecule has 0 radical (unpaired) electrons. The molecule has 0 amide bonds. The third kappa shape index (κ3) is 4.24. The second kappa shape index (κ2) is 5.65. The van der Waals surface area contributed by atoms with Crippen molar-refractivity contribution in [3.05, 3.63) is 23.9 Å². The van der Waals surface area contributed by atoms with E-state index in [1.165, 1.54) is 0 Å². The van der Waals surface area contributed by atoms with E-state index in [1.807, 2.05) is 26.2 Å². The zero-order chi connectivity index (χ0) is 11.3. The number of nitrogens with zero attached hydrogens (tertiary/aromatic N) is 2. The van der Waals surface area contributed by atoms with E-state index in [2.05, 4.69) is 15.3 Å². The highest BCUT2D eigenvalue weighted by molar-refractivity contribution is 5.32. The number of aromatic nitrogens is 1. The summed E-state index contributed by atoms with van der Waals surface area (Å²) in [5, 5.41) is 0. The molecule has 0 aromatic carbocycles. The number of hydrogen-bond acceptors (Lipinski definition) is 5. The van der Waals surface area contributed by atoms with E-state index >= 15 is 0 Å². The van der Waals surface area contributed by atoms with Crippen molar-refractivity contribution in [2.24, 2.45) is 5.84 Å². The van der Waals surface area contributed by atoms with Crippen LogP contribution in [0.25, 0.3) is 0 Å². The van der Waals surface area contributed by atoms with Crippen molar-refractivity contribution in [2.45, 2.75) is 12.5 Å². The Morgan fingerprint density at radius 3 is 2.80 bits per heavy atom. The molecule has 0 aliphatic heterocycles. The molecule has 0 saturated heterocycles. The van der Waals surface area contributed by atoms with Gasteiger partial charge in [-0.25, -0.2) is 4.98 Å². The molecule has 1 aromatic rings. The third-order valence-corrected chi connectivity index (χ3v) is 2.15. The Balaban J connectivity index is 2.58. The highest BCUT2D eigenvalue weighted by Crippen LogP contribution is 2.06. The molecule has 0 aliphatic rings. The second-order valence-electron chi connectivity index (χ2n) is 3.92. The van der Waals surface area contributed by atoms with Crippen LogP contribution < -0.4 is 17.0 Å². The minimum atomic E-state index is 0.224. The molecule has 15 heavy (non-hydrogen) atoms. The summed E-state index contributed by atoms with van der Waals surface area (Å²) in [7, 11) is 4.04. The van der Waals surface area contributed by atoms with Gasteiger partial charge in [-0.3, -0.25) is 11.3 Å².